The molecule has 2 aromatic heterocycles. The third-order valence-corrected chi connectivity index (χ3v) is 10.2. The lowest BCUT2D eigenvalue weighted by Gasteiger charge is -2.27. The second kappa shape index (κ2) is 20.9. The van der Waals surface area contributed by atoms with Crippen LogP contribution in [0.15, 0.2) is 77.8 Å². The van der Waals surface area contributed by atoms with Gasteiger partial charge in [0, 0.05) is 50.1 Å². The van der Waals surface area contributed by atoms with Gasteiger partial charge in [0.25, 0.3) is 0 Å². The van der Waals surface area contributed by atoms with Crippen LogP contribution in [0.4, 0.5) is 9.59 Å². The Kier molecular flexibility index (Phi) is 16.0. The van der Waals surface area contributed by atoms with Crippen molar-refractivity contribution in [3.05, 3.63) is 104 Å². The standard InChI is InChI=1S/C38H49N7O5S2/c1-26(2)36-42-32(24-51-36)22-45(4)37(48)44-34(17-18-40-27(3)46)35(47)41-30(19-28-11-7-5-8-12-28)15-16-31(20-29-13-9-6-10-14-29)43-38(49)50-23-33-21-39-25-52-33/h5-14,21,24-26,30-31,34H,15-20,22-23H2,1-4H3,(H,40,46)(H,41,47)(H,43,49)(H,44,48)/t30?,31-,34?/m0/s1. The van der Waals surface area contributed by atoms with Crippen molar-refractivity contribution in [2.45, 2.75) is 90.1 Å². The molecule has 2 heterocycles. The highest BCUT2D eigenvalue weighted by molar-refractivity contribution is 7.09. The number of amides is 5. The number of nitrogens with zero attached hydrogens (tertiary/aromatic N) is 3. The number of rotatable bonds is 19. The van der Waals surface area contributed by atoms with E-state index in [1.54, 1.807) is 30.1 Å². The molecule has 0 radical (unpaired) electrons. The molecule has 5 amide bonds. The molecule has 0 bridgehead atoms. The van der Waals surface area contributed by atoms with Gasteiger partial charge in [0.1, 0.15) is 12.6 Å². The first-order valence-electron chi connectivity index (χ1n) is 17.4. The van der Waals surface area contributed by atoms with E-state index in [0.29, 0.717) is 25.7 Å². The zero-order valence-electron chi connectivity index (χ0n) is 30.2. The Bertz CT molecular complexity index is 1690. The normalized spacial score (nSPS) is 12.7. The van der Waals surface area contributed by atoms with Gasteiger partial charge in [-0.05, 0) is 43.2 Å². The quantitative estimate of drug-likeness (QED) is 0.0945. The lowest BCUT2D eigenvalue weighted by Crippen LogP contribution is -2.53. The van der Waals surface area contributed by atoms with Gasteiger partial charge < -0.3 is 30.9 Å². The smallest absolute Gasteiger partial charge is 0.407 e. The number of thiazole rings is 2. The Balaban J connectivity index is 1.46. The van der Waals surface area contributed by atoms with Gasteiger partial charge in [-0.3, -0.25) is 14.6 Å². The van der Waals surface area contributed by atoms with E-state index >= 15 is 0 Å². The molecule has 0 saturated carbocycles. The van der Waals surface area contributed by atoms with Gasteiger partial charge in [-0.2, -0.15) is 0 Å². The minimum absolute atomic E-state index is 0.130. The van der Waals surface area contributed by atoms with Crippen molar-refractivity contribution in [3.8, 4) is 0 Å². The van der Waals surface area contributed by atoms with Gasteiger partial charge in [0.15, 0.2) is 0 Å². The van der Waals surface area contributed by atoms with Crippen LogP contribution >= 0.6 is 22.7 Å². The number of carbonyl (C=O) groups excluding carboxylic acids is 4. The number of alkyl carbamates (subject to hydrolysis) is 1. The number of hydrogen-bond donors (Lipinski definition) is 4. The summed E-state index contributed by atoms with van der Waals surface area (Å²) in [5.74, 6) is -0.298. The molecule has 0 saturated heterocycles. The predicted octanol–water partition coefficient (Wildman–Crippen LogP) is 5.80. The molecule has 2 unspecified atom stereocenters. The third kappa shape index (κ3) is 14.1. The summed E-state index contributed by atoms with van der Waals surface area (Å²) in [5, 5.41) is 14.8. The topological polar surface area (TPSA) is 155 Å². The molecule has 4 rings (SSSR count). The summed E-state index contributed by atoms with van der Waals surface area (Å²) in [4.78, 5) is 62.9. The van der Waals surface area contributed by atoms with Crippen LogP contribution in [0.1, 0.15) is 72.7 Å². The Hall–Kier alpha value is -4.82. The fourth-order valence-electron chi connectivity index (χ4n) is 5.51. The largest absolute Gasteiger partial charge is 0.444 e. The van der Waals surface area contributed by atoms with E-state index in [2.05, 4.69) is 45.1 Å². The number of benzene rings is 2. The van der Waals surface area contributed by atoms with Crippen molar-refractivity contribution in [3.63, 3.8) is 0 Å². The maximum atomic E-state index is 14.0. The summed E-state index contributed by atoms with van der Waals surface area (Å²) in [6.45, 7) is 6.17. The van der Waals surface area contributed by atoms with Gasteiger partial charge in [-0.15, -0.1) is 22.7 Å². The molecule has 0 aliphatic heterocycles. The maximum absolute atomic E-state index is 14.0. The molecule has 14 heteroatoms. The lowest BCUT2D eigenvalue weighted by atomic mass is 9.95. The molecule has 4 N–H and O–H groups in total. The minimum Gasteiger partial charge on any atom is -0.444 e. The van der Waals surface area contributed by atoms with Crippen LogP contribution in [-0.4, -0.2) is 70.5 Å². The first-order chi connectivity index (χ1) is 25.0. The summed E-state index contributed by atoms with van der Waals surface area (Å²) in [6, 6.07) is 17.8. The Morgan fingerprint density at radius 2 is 1.48 bits per heavy atom. The highest BCUT2D eigenvalue weighted by atomic mass is 32.1. The Morgan fingerprint density at radius 3 is 2.04 bits per heavy atom. The average Bonchev–Trinajstić information content (AvgIpc) is 3.83. The number of carbonyl (C=O) groups is 4. The van der Waals surface area contributed by atoms with E-state index in [4.69, 9.17) is 4.74 Å². The van der Waals surface area contributed by atoms with E-state index in [-0.39, 0.29) is 55.9 Å². The van der Waals surface area contributed by atoms with Crippen LogP contribution in [-0.2, 0) is 40.3 Å². The number of nitrogens with one attached hydrogen (secondary N) is 4. The van der Waals surface area contributed by atoms with Crippen LogP contribution < -0.4 is 21.3 Å². The molecule has 4 aromatic rings. The minimum atomic E-state index is -0.915. The third-order valence-electron chi connectivity index (χ3n) is 8.24. The summed E-state index contributed by atoms with van der Waals surface area (Å²) >= 11 is 2.97. The lowest BCUT2D eigenvalue weighted by molar-refractivity contribution is -0.124. The molecule has 12 nitrogen and oxygen atoms in total. The molecule has 2 aromatic carbocycles. The zero-order valence-corrected chi connectivity index (χ0v) is 31.8. The molecule has 0 aliphatic carbocycles. The van der Waals surface area contributed by atoms with Gasteiger partial charge >= 0.3 is 12.1 Å². The molecule has 52 heavy (non-hydrogen) atoms. The van der Waals surface area contributed by atoms with Crippen LogP contribution in [0.3, 0.4) is 0 Å². The number of urea groups is 1. The summed E-state index contributed by atoms with van der Waals surface area (Å²) in [5.41, 5.74) is 4.56. The second-order valence-corrected chi connectivity index (χ2v) is 14.9. The van der Waals surface area contributed by atoms with Crippen LogP contribution in [0, 0.1) is 0 Å². The first-order valence-corrected chi connectivity index (χ1v) is 19.2. The highest BCUT2D eigenvalue weighted by Crippen LogP contribution is 2.20. The van der Waals surface area contributed by atoms with Crippen molar-refractivity contribution in [1.82, 2.24) is 36.1 Å². The predicted molar refractivity (Wildman–Crippen MR) is 204 cm³/mol. The van der Waals surface area contributed by atoms with Gasteiger partial charge in [0.2, 0.25) is 11.8 Å². The van der Waals surface area contributed by atoms with Crippen molar-refractivity contribution in [2.24, 2.45) is 0 Å². The molecular formula is C38H49N7O5S2. The first kappa shape index (κ1) is 40.0. The molecule has 278 valence electrons. The number of hydrogen-bond acceptors (Lipinski definition) is 9. The van der Waals surface area contributed by atoms with E-state index in [1.807, 2.05) is 66.0 Å². The monoisotopic (exact) mass is 747 g/mol. The van der Waals surface area contributed by atoms with Crippen molar-refractivity contribution in [1.29, 1.82) is 0 Å². The Morgan fingerprint density at radius 1 is 0.846 bits per heavy atom. The van der Waals surface area contributed by atoms with Crippen molar-refractivity contribution >= 4 is 46.6 Å². The molecular weight excluding hydrogens is 699 g/mol. The zero-order chi connectivity index (χ0) is 37.3. The van der Waals surface area contributed by atoms with Gasteiger partial charge in [-0.1, -0.05) is 74.5 Å². The number of aromatic nitrogens is 2. The van der Waals surface area contributed by atoms with Crippen molar-refractivity contribution in [2.75, 3.05) is 13.6 Å². The van der Waals surface area contributed by atoms with Crippen molar-refractivity contribution < 1.29 is 23.9 Å². The summed E-state index contributed by atoms with van der Waals surface area (Å²) in [7, 11) is 1.66. The Labute approximate surface area is 313 Å². The molecule has 0 fully saturated rings. The molecule has 0 aliphatic rings. The van der Waals surface area contributed by atoms with Gasteiger partial charge in [0.05, 0.1) is 27.6 Å². The van der Waals surface area contributed by atoms with E-state index in [9.17, 15) is 19.2 Å². The highest BCUT2D eigenvalue weighted by Gasteiger charge is 2.26. The number of ether oxygens (including phenoxy) is 1. The van der Waals surface area contributed by atoms with Crippen LogP contribution in [0.25, 0.3) is 0 Å². The second-order valence-electron chi connectivity index (χ2n) is 13.0. The van der Waals surface area contributed by atoms with E-state index < -0.39 is 18.2 Å². The fraction of sp³-hybridized carbons (Fsp3) is 0.421. The fourth-order valence-corrected chi connectivity index (χ4v) is 6.84. The van der Waals surface area contributed by atoms with Gasteiger partial charge in [-0.25, -0.2) is 14.6 Å². The SMILES string of the molecule is CC(=O)NCCC(NC(=O)N(C)Cc1csc(C(C)C)n1)C(=O)NC(CC[C@@H](Cc1ccccc1)NC(=O)OCc1cncs1)Cc1ccccc1. The van der Waals surface area contributed by atoms with Crippen LogP contribution in [0.5, 0.6) is 0 Å². The molecule has 3 atom stereocenters. The van der Waals surface area contributed by atoms with E-state index in [1.165, 1.54) is 23.2 Å². The maximum Gasteiger partial charge on any atom is 0.407 e. The van der Waals surface area contributed by atoms with E-state index in [0.717, 1.165) is 26.7 Å². The molecule has 0 spiro atoms. The average molecular weight is 748 g/mol. The van der Waals surface area contributed by atoms with Crippen LogP contribution in [0.2, 0.25) is 0 Å². The summed E-state index contributed by atoms with van der Waals surface area (Å²) < 4.78 is 5.49. The summed E-state index contributed by atoms with van der Waals surface area (Å²) in [6.07, 6.45) is 3.52.